The third kappa shape index (κ3) is 5.05. The third-order valence-corrected chi connectivity index (χ3v) is 3.98. The molecule has 0 bridgehead atoms. The number of halogens is 1. The van der Waals surface area contributed by atoms with E-state index in [9.17, 15) is 4.79 Å². The molecule has 0 spiro atoms. The van der Waals surface area contributed by atoms with E-state index in [0.717, 1.165) is 19.5 Å². The monoisotopic (exact) mass is 303 g/mol. The normalized spacial score (nSPS) is 16.5. The SMILES string of the molecule is CCC(/C=C\C(=O)c1ccc(Cl)cc1)=C/N1CCCCC1. The van der Waals surface area contributed by atoms with Crippen LogP contribution in [0.25, 0.3) is 0 Å². The predicted molar refractivity (Wildman–Crippen MR) is 88.7 cm³/mol. The summed E-state index contributed by atoms with van der Waals surface area (Å²) in [6, 6.07) is 7.00. The maximum atomic E-state index is 12.1. The summed E-state index contributed by atoms with van der Waals surface area (Å²) in [7, 11) is 0. The van der Waals surface area contributed by atoms with Crippen LogP contribution in [0.3, 0.4) is 0 Å². The van der Waals surface area contributed by atoms with E-state index >= 15 is 0 Å². The summed E-state index contributed by atoms with van der Waals surface area (Å²) in [6.45, 7) is 4.37. The number of ketones is 1. The highest BCUT2D eigenvalue weighted by Crippen LogP contribution is 2.14. The van der Waals surface area contributed by atoms with Gasteiger partial charge in [-0.2, -0.15) is 0 Å². The quantitative estimate of drug-likeness (QED) is 0.440. The Morgan fingerprint density at radius 1 is 1.14 bits per heavy atom. The number of benzene rings is 1. The molecule has 1 fully saturated rings. The van der Waals surface area contributed by atoms with Crippen LogP contribution in [0, 0.1) is 0 Å². The van der Waals surface area contributed by atoms with Crippen molar-refractivity contribution in [3.05, 3.63) is 58.8 Å². The van der Waals surface area contributed by atoms with E-state index in [1.165, 1.54) is 24.8 Å². The molecule has 1 saturated heterocycles. The summed E-state index contributed by atoms with van der Waals surface area (Å²) >= 11 is 5.83. The van der Waals surface area contributed by atoms with Crippen molar-refractivity contribution in [2.24, 2.45) is 0 Å². The maximum Gasteiger partial charge on any atom is 0.185 e. The highest BCUT2D eigenvalue weighted by molar-refractivity contribution is 6.30. The fraction of sp³-hybridized carbons (Fsp3) is 0.389. The van der Waals surface area contributed by atoms with Gasteiger partial charge in [0.25, 0.3) is 0 Å². The molecule has 1 heterocycles. The van der Waals surface area contributed by atoms with E-state index in [0.29, 0.717) is 10.6 Å². The second kappa shape index (κ2) is 8.04. The van der Waals surface area contributed by atoms with Gasteiger partial charge in [-0.05, 0) is 61.6 Å². The molecule has 0 N–H and O–H groups in total. The van der Waals surface area contributed by atoms with Gasteiger partial charge in [0.15, 0.2) is 5.78 Å². The van der Waals surface area contributed by atoms with Crippen LogP contribution in [0.15, 0.2) is 48.2 Å². The Morgan fingerprint density at radius 3 is 2.43 bits per heavy atom. The zero-order valence-electron chi connectivity index (χ0n) is 12.5. The van der Waals surface area contributed by atoms with Crippen LogP contribution < -0.4 is 0 Å². The first-order valence-electron chi connectivity index (χ1n) is 7.62. The number of allylic oxidation sites excluding steroid dienone is 3. The molecular formula is C18H22ClNO. The lowest BCUT2D eigenvalue weighted by Crippen LogP contribution is -2.24. The number of carbonyl (C=O) groups excluding carboxylic acids is 1. The minimum absolute atomic E-state index is 0.0182. The van der Waals surface area contributed by atoms with Crippen LogP contribution in [0.2, 0.25) is 5.02 Å². The number of carbonyl (C=O) groups is 1. The highest BCUT2D eigenvalue weighted by Gasteiger charge is 2.07. The highest BCUT2D eigenvalue weighted by atomic mass is 35.5. The molecule has 0 radical (unpaired) electrons. The Kier molecular flexibility index (Phi) is 6.06. The van der Waals surface area contributed by atoms with Crippen molar-refractivity contribution in [3.8, 4) is 0 Å². The average Bonchev–Trinajstić information content (AvgIpc) is 2.52. The Balaban J connectivity index is 2.01. The van der Waals surface area contributed by atoms with Crippen LogP contribution in [0.4, 0.5) is 0 Å². The molecule has 1 aliphatic heterocycles. The number of hydrogen-bond donors (Lipinski definition) is 0. The lowest BCUT2D eigenvalue weighted by molar-refractivity contribution is 0.104. The molecule has 0 unspecified atom stereocenters. The molecule has 2 nitrogen and oxygen atoms in total. The van der Waals surface area contributed by atoms with E-state index < -0.39 is 0 Å². The van der Waals surface area contributed by atoms with Crippen molar-refractivity contribution in [1.82, 2.24) is 4.90 Å². The molecule has 1 aliphatic rings. The first-order chi connectivity index (χ1) is 10.2. The van der Waals surface area contributed by atoms with Gasteiger partial charge in [-0.3, -0.25) is 4.79 Å². The summed E-state index contributed by atoms with van der Waals surface area (Å²) in [5, 5.41) is 0.648. The molecule has 0 amide bonds. The molecule has 0 aliphatic carbocycles. The zero-order valence-corrected chi connectivity index (χ0v) is 13.3. The first kappa shape index (κ1) is 15.8. The number of likely N-dealkylation sites (tertiary alicyclic amines) is 1. The third-order valence-electron chi connectivity index (χ3n) is 3.72. The summed E-state index contributed by atoms with van der Waals surface area (Å²) in [4.78, 5) is 14.5. The summed E-state index contributed by atoms with van der Waals surface area (Å²) in [6.07, 6.45) is 10.6. The largest absolute Gasteiger partial charge is 0.377 e. The number of hydrogen-bond acceptors (Lipinski definition) is 2. The van der Waals surface area contributed by atoms with Crippen molar-refractivity contribution in [3.63, 3.8) is 0 Å². The van der Waals surface area contributed by atoms with Gasteiger partial charge in [-0.1, -0.05) is 24.6 Å². The average molecular weight is 304 g/mol. The molecule has 21 heavy (non-hydrogen) atoms. The summed E-state index contributed by atoms with van der Waals surface area (Å²) < 4.78 is 0. The van der Waals surface area contributed by atoms with Crippen LogP contribution in [0.1, 0.15) is 43.0 Å². The molecule has 1 aromatic rings. The molecule has 0 saturated carbocycles. The van der Waals surface area contributed by atoms with Gasteiger partial charge < -0.3 is 4.90 Å². The van der Waals surface area contributed by atoms with Crippen molar-refractivity contribution in [1.29, 1.82) is 0 Å². The van der Waals surface area contributed by atoms with E-state index in [1.54, 1.807) is 30.3 Å². The second-order valence-electron chi connectivity index (χ2n) is 5.36. The van der Waals surface area contributed by atoms with Gasteiger partial charge in [0.1, 0.15) is 0 Å². The smallest absolute Gasteiger partial charge is 0.185 e. The summed E-state index contributed by atoms with van der Waals surface area (Å²) in [5.41, 5.74) is 1.86. The van der Waals surface area contributed by atoms with Gasteiger partial charge in [-0.25, -0.2) is 0 Å². The number of rotatable bonds is 5. The van der Waals surface area contributed by atoms with Crippen molar-refractivity contribution in [2.45, 2.75) is 32.6 Å². The van der Waals surface area contributed by atoms with E-state index in [4.69, 9.17) is 11.6 Å². The minimum atomic E-state index is 0.0182. The lowest BCUT2D eigenvalue weighted by Gasteiger charge is -2.25. The molecule has 2 rings (SSSR count). The van der Waals surface area contributed by atoms with Crippen LogP contribution in [-0.4, -0.2) is 23.8 Å². The molecule has 0 atom stereocenters. The van der Waals surface area contributed by atoms with Crippen molar-refractivity contribution >= 4 is 17.4 Å². The van der Waals surface area contributed by atoms with Crippen molar-refractivity contribution in [2.75, 3.05) is 13.1 Å². The molecule has 3 heteroatoms. The Hall–Kier alpha value is -1.54. The number of nitrogens with zero attached hydrogens (tertiary/aromatic N) is 1. The fourth-order valence-electron chi connectivity index (χ4n) is 2.43. The zero-order chi connectivity index (χ0) is 15.1. The molecular weight excluding hydrogens is 282 g/mol. The van der Waals surface area contributed by atoms with Crippen molar-refractivity contribution < 1.29 is 4.79 Å². The Bertz CT molecular complexity index is 525. The minimum Gasteiger partial charge on any atom is -0.377 e. The van der Waals surface area contributed by atoms with E-state index in [-0.39, 0.29) is 5.78 Å². The van der Waals surface area contributed by atoms with Gasteiger partial charge >= 0.3 is 0 Å². The summed E-state index contributed by atoms with van der Waals surface area (Å²) in [5.74, 6) is 0.0182. The molecule has 112 valence electrons. The maximum absolute atomic E-state index is 12.1. The van der Waals surface area contributed by atoms with Crippen LogP contribution in [-0.2, 0) is 0 Å². The van der Waals surface area contributed by atoms with Crippen LogP contribution >= 0.6 is 11.6 Å². The Morgan fingerprint density at radius 2 is 1.81 bits per heavy atom. The van der Waals surface area contributed by atoms with E-state index in [2.05, 4.69) is 18.0 Å². The topological polar surface area (TPSA) is 20.3 Å². The van der Waals surface area contributed by atoms with E-state index in [1.807, 2.05) is 6.08 Å². The standard InChI is InChI=1S/C18H22ClNO/c1-2-15(14-20-12-4-3-5-13-20)6-11-18(21)16-7-9-17(19)10-8-16/h6-11,14H,2-5,12-13H2,1H3/b11-6-,15-14-. The van der Waals surface area contributed by atoms with Gasteiger partial charge in [0.2, 0.25) is 0 Å². The van der Waals surface area contributed by atoms with Gasteiger partial charge in [-0.15, -0.1) is 0 Å². The van der Waals surface area contributed by atoms with Gasteiger partial charge in [0.05, 0.1) is 0 Å². The lowest BCUT2D eigenvalue weighted by atomic mass is 10.1. The first-order valence-corrected chi connectivity index (χ1v) is 7.99. The molecule has 0 aromatic heterocycles. The Labute approximate surface area is 132 Å². The predicted octanol–water partition coefficient (Wildman–Crippen LogP) is 4.86. The second-order valence-corrected chi connectivity index (χ2v) is 5.80. The fourth-order valence-corrected chi connectivity index (χ4v) is 2.55. The molecule has 1 aromatic carbocycles. The number of piperidine rings is 1. The van der Waals surface area contributed by atoms with Crippen LogP contribution in [0.5, 0.6) is 0 Å². The van der Waals surface area contributed by atoms with Gasteiger partial charge in [0, 0.05) is 29.9 Å².